The highest BCUT2D eigenvalue weighted by Crippen LogP contribution is 2.18. The molecule has 0 unspecified atom stereocenters. The number of rotatable bonds is 5. The smallest absolute Gasteiger partial charge is 0.130 e. The van der Waals surface area contributed by atoms with Gasteiger partial charge in [0.2, 0.25) is 0 Å². The van der Waals surface area contributed by atoms with Gasteiger partial charge in [-0.25, -0.2) is 4.39 Å². The maximum absolute atomic E-state index is 13.4. The van der Waals surface area contributed by atoms with E-state index in [1.54, 1.807) is 12.3 Å². The lowest BCUT2D eigenvalue weighted by Gasteiger charge is -2.08. The molecule has 0 spiro atoms. The van der Waals surface area contributed by atoms with Gasteiger partial charge >= 0.3 is 0 Å². The molecule has 100 valence electrons. The molecular weight excluding hydrogens is 311 g/mol. The monoisotopic (exact) mass is 324 g/mol. The number of aromatic nitrogens is 1. The van der Waals surface area contributed by atoms with E-state index < -0.39 is 0 Å². The summed E-state index contributed by atoms with van der Waals surface area (Å²) in [6.07, 6.45) is 2.33. The Hall–Kier alpha value is -1.46. The van der Waals surface area contributed by atoms with Crippen molar-refractivity contribution in [3.8, 4) is 5.75 Å². The van der Waals surface area contributed by atoms with Gasteiger partial charge in [-0.15, -0.1) is 0 Å². The quantitative estimate of drug-likeness (QED) is 0.919. The molecule has 2 rings (SSSR count). The fourth-order valence-corrected chi connectivity index (χ4v) is 1.90. The van der Waals surface area contributed by atoms with Gasteiger partial charge in [-0.1, -0.05) is 0 Å². The van der Waals surface area contributed by atoms with Crippen LogP contribution in [0.25, 0.3) is 0 Å². The predicted molar refractivity (Wildman–Crippen MR) is 75.4 cm³/mol. The lowest BCUT2D eigenvalue weighted by molar-refractivity contribution is 0.299. The minimum Gasteiger partial charge on any atom is -0.487 e. The molecule has 0 fully saturated rings. The third kappa shape index (κ3) is 4.29. The zero-order chi connectivity index (χ0) is 13.7. The van der Waals surface area contributed by atoms with Gasteiger partial charge in [-0.2, -0.15) is 0 Å². The SMILES string of the molecule is NCCc1cc(F)cc(OCc2ccc(Br)cn2)c1. The van der Waals surface area contributed by atoms with Gasteiger partial charge in [0.1, 0.15) is 18.2 Å². The Balaban J connectivity index is 2.04. The number of benzene rings is 1. The first kappa shape index (κ1) is 14.0. The van der Waals surface area contributed by atoms with E-state index in [9.17, 15) is 4.39 Å². The molecular formula is C14H14BrFN2O. The van der Waals surface area contributed by atoms with Crippen molar-refractivity contribution in [3.63, 3.8) is 0 Å². The van der Waals surface area contributed by atoms with Crippen LogP contribution < -0.4 is 10.5 Å². The minimum absolute atomic E-state index is 0.304. The molecule has 1 aromatic carbocycles. The highest BCUT2D eigenvalue weighted by Gasteiger charge is 2.03. The Morgan fingerprint density at radius 2 is 2.11 bits per heavy atom. The third-order valence-electron chi connectivity index (χ3n) is 2.54. The molecule has 0 bridgehead atoms. The number of hydrogen-bond acceptors (Lipinski definition) is 3. The molecule has 1 heterocycles. The van der Waals surface area contributed by atoms with Crippen LogP contribution in [0.1, 0.15) is 11.3 Å². The van der Waals surface area contributed by atoms with Crippen molar-refractivity contribution >= 4 is 15.9 Å². The molecule has 2 N–H and O–H groups in total. The number of halogens is 2. The number of nitrogens with zero attached hydrogens (tertiary/aromatic N) is 1. The molecule has 2 aromatic rings. The molecule has 0 aliphatic carbocycles. The maximum Gasteiger partial charge on any atom is 0.130 e. The summed E-state index contributed by atoms with van der Waals surface area (Å²) in [5.74, 6) is 0.179. The average Bonchev–Trinajstić information content (AvgIpc) is 2.38. The topological polar surface area (TPSA) is 48.1 Å². The zero-order valence-electron chi connectivity index (χ0n) is 10.3. The minimum atomic E-state index is -0.315. The summed E-state index contributed by atoms with van der Waals surface area (Å²) < 4.78 is 19.8. The number of pyridine rings is 1. The van der Waals surface area contributed by atoms with E-state index in [0.29, 0.717) is 25.3 Å². The predicted octanol–water partition coefficient (Wildman–Crippen LogP) is 3.06. The second kappa shape index (κ2) is 6.63. The molecule has 5 heteroatoms. The lowest BCUT2D eigenvalue weighted by atomic mass is 10.1. The zero-order valence-corrected chi connectivity index (χ0v) is 11.9. The van der Waals surface area contributed by atoms with Crippen molar-refractivity contribution in [1.29, 1.82) is 0 Å². The van der Waals surface area contributed by atoms with Crippen LogP contribution >= 0.6 is 15.9 Å². The van der Waals surface area contributed by atoms with Gasteiger partial charge in [-0.05, 0) is 58.7 Å². The molecule has 0 amide bonds. The Morgan fingerprint density at radius 1 is 1.26 bits per heavy atom. The standard InChI is InChI=1S/C14H14BrFN2O/c15-11-1-2-13(18-8-11)9-19-14-6-10(3-4-17)5-12(16)7-14/h1-2,5-8H,3-4,9,17H2. The molecule has 0 aliphatic rings. The average molecular weight is 325 g/mol. The fraction of sp³-hybridized carbons (Fsp3) is 0.214. The first-order valence-corrected chi connectivity index (χ1v) is 6.69. The third-order valence-corrected chi connectivity index (χ3v) is 3.01. The maximum atomic E-state index is 13.4. The van der Waals surface area contributed by atoms with Crippen molar-refractivity contribution in [1.82, 2.24) is 4.98 Å². The van der Waals surface area contributed by atoms with Crippen LogP contribution in [0.4, 0.5) is 4.39 Å². The number of hydrogen-bond donors (Lipinski definition) is 1. The molecule has 3 nitrogen and oxygen atoms in total. The van der Waals surface area contributed by atoms with E-state index in [-0.39, 0.29) is 5.82 Å². The molecule has 1 aromatic heterocycles. The van der Waals surface area contributed by atoms with Crippen molar-refractivity contribution in [3.05, 3.63) is 58.1 Å². The largest absolute Gasteiger partial charge is 0.487 e. The number of ether oxygens (including phenoxy) is 1. The molecule has 0 saturated carbocycles. The molecule has 0 saturated heterocycles. The Bertz CT molecular complexity index is 546. The van der Waals surface area contributed by atoms with Gasteiger partial charge in [0.25, 0.3) is 0 Å². The normalized spacial score (nSPS) is 10.5. The van der Waals surface area contributed by atoms with Crippen LogP contribution in [0.5, 0.6) is 5.75 Å². The van der Waals surface area contributed by atoms with Crippen molar-refractivity contribution < 1.29 is 9.13 Å². The highest BCUT2D eigenvalue weighted by molar-refractivity contribution is 9.10. The summed E-state index contributed by atoms with van der Waals surface area (Å²) in [7, 11) is 0. The summed E-state index contributed by atoms with van der Waals surface area (Å²) in [4.78, 5) is 4.19. The van der Waals surface area contributed by atoms with Crippen LogP contribution in [0.3, 0.4) is 0 Å². The van der Waals surface area contributed by atoms with E-state index in [2.05, 4.69) is 20.9 Å². The Labute approximate surface area is 119 Å². The second-order valence-corrected chi connectivity index (χ2v) is 5.01. The van der Waals surface area contributed by atoms with E-state index >= 15 is 0 Å². The lowest BCUT2D eigenvalue weighted by Crippen LogP contribution is -2.04. The van der Waals surface area contributed by atoms with E-state index in [1.165, 1.54) is 12.1 Å². The van der Waals surface area contributed by atoms with E-state index in [1.807, 2.05) is 12.1 Å². The first-order chi connectivity index (χ1) is 9.17. The van der Waals surface area contributed by atoms with Gasteiger partial charge in [0.05, 0.1) is 5.69 Å². The van der Waals surface area contributed by atoms with E-state index in [0.717, 1.165) is 15.7 Å². The molecule has 19 heavy (non-hydrogen) atoms. The van der Waals surface area contributed by atoms with Gasteiger partial charge < -0.3 is 10.5 Å². The summed E-state index contributed by atoms with van der Waals surface area (Å²) in [5, 5.41) is 0. The van der Waals surface area contributed by atoms with Crippen LogP contribution in [-0.2, 0) is 13.0 Å². The summed E-state index contributed by atoms with van der Waals surface area (Å²) in [6, 6.07) is 8.37. The first-order valence-electron chi connectivity index (χ1n) is 5.90. The van der Waals surface area contributed by atoms with Crippen molar-refractivity contribution in [2.75, 3.05) is 6.54 Å². The van der Waals surface area contributed by atoms with E-state index in [4.69, 9.17) is 10.5 Å². The second-order valence-electron chi connectivity index (χ2n) is 4.09. The summed E-state index contributed by atoms with van der Waals surface area (Å²) in [6.45, 7) is 0.788. The van der Waals surface area contributed by atoms with Gasteiger partial charge in [0, 0.05) is 16.7 Å². The summed E-state index contributed by atoms with van der Waals surface area (Å²) >= 11 is 3.31. The van der Waals surface area contributed by atoms with Crippen LogP contribution in [0, 0.1) is 5.82 Å². The summed E-state index contributed by atoms with van der Waals surface area (Å²) in [5.41, 5.74) is 7.08. The van der Waals surface area contributed by atoms with Crippen LogP contribution in [0.2, 0.25) is 0 Å². The van der Waals surface area contributed by atoms with Crippen molar-refractivity contribution in [2.24, 2.45) is 5.73 Å². The molecule has 0 atom stereocenters. The number of nitrogens with two attached hydrogens (primary N) is 1. The van der Waals surface area contributed by atoms with Crippen molar-refractivity contribution in [2.45, 2.75) is 13.0 Å². The van der Waals surface area contributed by atoms with Crippen LogP contribution in [-0.4, -0.2) is 11.5 Å². The molecule has 0 aliphatic heterocycles. The Morgan fingerprint density at radius 3 is 2.79 bits per heavy atom. The van der Waals surface area contributed by atoms with Gasteiger partial charge in [0.15, 0.2) is 0 Å². The Kier molecular flexibility index (Phi) is 4.87. The fourth-order valence-electron chi connectivity index (χ4n) is 1.66. The molecule has 0 radical (unpaired) electrons. The van der Waals surface area contributed by atoms with Gasteiger partial charge in [-0.3, -0.25) is 4.98 Å². The highest BCUT2D eigenvalue weighted by atomic mass is 79.9. The van der Waals surface area contributed by atoms with Crippen LogP contribution in [0.15, 0.2) is 41.0 Å².